The van der Waals surface area contributed by atoms with Gasteiger partial charge in [-0.3, -0.25) is 14.3 Å². The number of aliphatic hydroxyl groups is 1. The largest absolute Gasteiger partial charge is 0.489 e. The Morgan fingerprint density at radius 1 is 1.12 bits per heavy atom. The van der Waals surface area contributed by atoms with Gasteiger partial charge in [0.15, 0.2) is 0 Å². The van der Waals surface area contributed by atoms with Crippen LogP contribution in [0.15, 0.2) is 54.9 Å². The second-order valence-corrected chi connectivity index (χ2v) is 8.65. The van der Waals surface area contributed by atoms with Crippen molar-refractivity contribution < 1.29 is 19.4 Å². The Hall–Kier alpha value is -3.65. The van der Waals surface area contributed by atoms with Gasteiger partial charge in [0, 0.05) is 37.7 Å². The average Bonchev–Trinajstić information content (AvgIpc) is 3.30. The Morgan fingerprint density at radius 2 is 1.85 bits per heavy atom. The summed E-state index contributed by atoms with van der Waals surface area (Å²) in [6.07, 6.45) is 5.16. The van der Waals surface area contributed by atoms with Gasteiger partial charge in [-0.25, -0.2) is 0 Å². The number of nitrogens with two attached hydrogens (primary N) is 1. The molecule has 2 amide bonds. The Morgan fingerprint density at radius 3 is 2.53 bits per heavy atom. The van der Waals surface area contributed by atoms with Crippen LogP contribution < -0.4 is 10.5 Å². The maximum atomic E-state index is 12.7. The van der Waals surface area contributed by atoms with Crippen molar-refractivity contribution in [3.8, 4) is 16.9 Å². The zero-order valence-electron chi connectivity index (χ0n) is 19.3. The van der Waals surface area contributed by atoms with Crippen molar-refractivity contribution in [1.29, 1.82) is 0 Å². The first-order chi connectivity index (χ1) is 16.4. The van der Waals surface area contributed by atoms with E-state index in [1.165, 1.54) is 5.56 Å². The number of primary amides is 1. The molecule has 0 spiro atoms. The van der Waals surface area contributed by atoms with E-state index < -0.39 is 5.91 Å². The molecule has 1 saturated heterocycles. The Bertz CT molecular complexity index is 1150. The maximum absolute atomic E-state index is 12.7. The molecule has 1 fully saturated rings. The molecule has 0 saturated carbocycles. The quantitative estimate of drug-likeness (QED) is 0.535. The first-order valence-corrected chi connectivity index (χ1v) is 11.5. The number of aryl methyl sites for hydroxylation is 1. The summed E-state index contributed by atoms with van der Waals surface area (Å²) in [5, 5.41) is 13.3. The molecule has 2 heterocycles. The number of hydrogen-bond donors (Lipinski definition) is 2. The Kier molecular flexibility index (Phi) is 7.27. The lowest BCUT2D eigenvalue weighted by Gasteiger charge is -2.32. The van der Waals surface area contributed by atoms with Crippen LogP contribution in [0, 0.1) is 6.92 Å². The summed E-state index contributed by atoms with van der Waals surface area (Å²) in [6, 6.07) is 13.4. The van der Waals surface area contributed by atoms with E-state index in [9.17, 15) is 9.59 Å². The molecule has 3 N–H and O–H groups in total. The number of aromatic nitrogens is 2. The number of benzene rings is 2. The van der Waals surface area contributed by atoms with Crippen molar-refractivity contribution in [1.82, 2.24) is 14.7 Å². The topological polar surface area (TPSA) is 111 Å². The van der Waals surface area contributed by atoms with E-state index in [-0.39, 0.29) is 18.6 Å². The fourth-order valence-electron chi connectivity index (χ4n) is 4.14. The molecule has 3 aromatic rings. The average molecular weight is 463 g/mol. The molecule has 0 bridgehead atoms. The maximum Gasteiger partial charge on any atom is 0.252 e. The number of hydrogen-bond acceptors (Lipinski definition) is 5. The van der Waals surface area contributed by atoms with E-state index in [0.717, 1.165) is 16.7 Å². The van der Waals surface area contributed by atoms with Crippen LogP contribution in [-0.4, -0.2) is 57.4 Å². The number of ether oxygens (including phenoxy) is 1. The van der Waals surface area contributed by atoms with Crippen molar-refractivity contribution in [3.05, 3.63) is 71.5 Å². The molecule has 0 radical (unpaired) electrons. The summed E-state index contributed by atoms with van der Waals surface area (Å²) in [4.78, 5) is 26.7. The summed E-state index contributed by atoms with van der Waals surface area (Å²) in [6.45, 7) is 3.65. The number of likely N-dealkylation sites (tertiary alicyclic amines) is 1. The normalized spacial score (nSPS) is 14.2. The lowest BCUT2D eigenvalue weighted by atomic mass is 10.0. The van der Waals surface area contributed by atoms with Crippen molar-refractivity contribution >= 4 is 11.8 Å². The van der Waals surface area contributed by atoms with Crippen LogP contribution in [0.25, 0.3) is 11.1 Å². The minimum atomic E-state index is -0.565. The number of carbonyl (C=O) groups excluding carboxylic acids is 2. The first kappa shape index (κ1) is 23.5. The highest BCUT2D eigenvalue weighted by molar-refractivity contribution is 5.97. The van der Waals surface area contributed by atoms with Gasteiger partial charge < -0.3 is 20.5 Å². The molecule has 2 aromatic carbocycles. The molecule has 8 nitrogen and oxygen atoms in total. The molecule has 0 unspecified atom stereocenters. The van der Waals surface area contributed by atoms with Crippen LogP contribution >= 0.6 is 0 Å². The number of aliphatic hydroxyl groups excluding tert-OH is 1. The predicted molar refractivity (Wildman–Crippen MR) is 128 cm³/mol. The van der Waals surface area contributed by atoms with E-state index in [1.54, 1.807) is 29.2 Å². The number of carbonyl (C=O) groups is 2. The van der Waals surface area contributed by atoms with Crippen LogP contribution in [0.4, 0.5) is 0 Å². The minimum Gasteiger partial charge on any atom is -0.489 e. The monoisotopic (exact) mass is 462 g/mol. The Balaban J connectivity index is 1.37. The fourth-order valence-corrected chi connectivity index (χ4v) is 4.14. The molecule has 1 aliphatic heterocycles. The molecule has 0 aliphatic carbocycles. The summed E-state index contributed by atoms with van der Waals surface area (Å²) >= 11 is 0. The highest BCUT2D eigenvalue weighted by Gasteiger charge is 2.25. The molecular formula is C26H30N4O4. The van der Waals surface area contributed by atoms with Crippen molar-refractivity contribution in [2.24, 2.45) is 5.73 Å². The Labute approximate surface area is 198 Å². The molecule has 8 heteroatoms. The number of rotatable bonds is 8. The van der Waals surface area contributed by atoms with Crippen LogP contribution in [0.2, 0.25) is 0 Å². The van der Waals surface area contributed by atoms with E-state index in [0.29, 0.717) is 50.2 Å². The molecule has 0 atom stereocenters. The minimum absolute atomic E-state index is 0.00317. The molecule has 178 valence electrons. The standard InChI is InChI=1S/C26H30N4O4/c1-18-2-4-19(5-3-18)14-25(32)29-10-8-22(9-11-29)34-24-7-6-20(15-23(24)26(27)33)21-16-28-30(17-21)12-13-31/h2-7,15-17,22,31H,8-14H2,1H3,(H2,27,33). The van der Waals surface area contributed by atoms with E-state index in [2.05, 4.69) is 5.10 Å². The van der Waals surface area contributed by atoms with Gasteiger partial charge in [0.05, 0.1) is 31.3 Å². The van der Waals surface area contributed by atoms with Gasteiger partial charge in [-0.05, 0) is 30.2 Å². The third kappa shape index (κ3) is 5.63. The van der Waals surface area contributed by atoms with Crippen LogP contribution in [-0.2, 0) is 17.8 Å². The lowest BCUT2D eigenvalue weighted by Crippen LogP contribution is -2.42. The lowest BCUT2D eigenvalue weighted by molar-refractivity contribution is -0.132. The van der Waals surface area contributed by atoms with Gasteiger partial charge in [0.2, 0.25) is 5.91 Å². The summed E-state index contributed by atoms with van der Waals surface area (Å²) < 4.78 is 7.79. The third-order valence-electron chi connectivity index (χ3n) is 6.10. The van der Waals surface area contributed by atoms with Gasteiger partial charge in [0.25, 0.3) is 5.91 Å². The number of piperidine rings is 1. The van der Waals surface area contributed by atoms with Crippen molar-refractivity contribution in [2.75, 3.05) is 19.7 Å². The first-order valence-electron chi connectivity index (χ1n) is 11.5. The summed E-state index contributed by atoms with van der Waals surface area (Å²) in [7, 11) is 0. The van der Waals surface area contributed by atoms with Crippen molar-refractivity contribution in [3.63, 3.8) is 0 Å². The molecule has 1 aromatic heterocycles. The zero-order chi connectivity index (χ0) is 24.1. The number of nitrogens with zero attached hydrogens (tertiary/aromatic N) is 3. The smallest absolute Gasteiger partial charge is 0.252 e. The van der Waals surface area contributed by atoms with Crippen LogP contribution in [0.3, 0.4) is 0 Å². The highest BCUT2D eigenvalue weighted by atomic mass is 16.5. The van der Waals surface area contributed by atoms with E-state index >= 15 is 0 Å². The van der Waals surface area contributed by atoms with Gasteiger partial charge in [0.1, 0.15) is 11.9 Å². The zero-order valence-corrected chi connectivity index (χ0v) is 19.3. The molecule has 34 heavy (non-hydrogen) atoms. The molecule has 4 rings (SSSR count). The molecule has 1 aliphatic rings. The SMILES string of the molecule is Cc1ccc(CC(=O)N2CCC(Oc3ccc(-c4cnn(CCO)c4)cc3C(N)=O)CC2)cc1. The molecular weight excluding hydrogens is 432 g/mol. The summed E-state index contributed by atoms with van der Waals surface area (Å²) in [5.41, 5.74) is 9.76. The van der Waals surface area contributed by atoms with Gasteiger partial charge in [-0.15, -0.1) is 0 Å². The van der Waals surface area contributed by atoms with Gasteiger partial charge in [-0.1, -0.05) is 35.9 Å². The van der Waals surface area contributed by atoms with Gasteiger partial charge in [-0.2, -0.15) is 5.10 Å². The summed E-state index contributed by atoms with van der Waals surface area (Å²) in [5.74, 6) is -0.0000287. The third-order valence-corrected chi connectivity index (χ3v) is 6.10. The second kappa shape index (κ2) is 10.5. The van der Waals surface area contributed by atoms with Crippen LogP contribution in [0.5, 0.6) is 5.75 Å². The van der Waals surface area contributed by atoms with Crippen LogP contribution in [0.1, 0.15) is 34.3 Å². The fraction of sp³-hybridized carbons (Fsp3) is 0.346. The van der Waals surface area contributed by atoms with E-state index in [4.69, 9.17) is 15.6 Å². The van der Waals surface area contributed by atoms with Gasteiger partial charge >= 0.3 is 0 Å². The highest BCUT2D eigenvalue weighted by Crippen LogP contribution is 2.29. The van der Waals surface area contributed by atoms with Crippen molar-refractivity contribution in [2.45, 2.75) is 38.8 Å². The second-order valence-electron chi connectivity index (χ2n) is 8.65. The van der Waals surface area contributed by atoms with E-state index in [1.807, 2.05) is 42.2 Å². The number of amides is 2. The predicted octanol–water partition coefficient (Wildman–Crippen LogP) is 2.56.